The van der Waals surface area contributed by atoms with Gasteiger partial charge in [-0.25, -0.2) is 5.01 Å². The van der Waals surface area contributed by atoms with Gasteiger partial charge in [-0.05, 0) is 26.2 Å². The number of piperidine rings is 1. The fourth-order valence-corrected chi connectivity index (χ4v) is 2.83. The van der Waals surface area contributed by atoms with Crippen LogP contribution in [0.15, 0.2) is 0 Å². The highest BCUT2D eigenvalue weighted by Gasteiger charge is 2.49. The third kappa shape index (κ3) is 2.41. The van der Waals surface area contributed by atoms with Gasteiger partial charge in [0.2, 0.25) is 0 Å². The molecule has 16 heavy (non-hydrogen) atoms. The van der Waals surface area contributed by atoms with E-state index in [2.05, 4.69) is 31.2 Å². The first-order valence-corrected chi connectivity index (χ1v) is 6.77. The fraction of sp³-hybridized carbons (Fsp3) is 1.00. The van der Waals surface area contributed by atoms with Crippen molar-refractivity contribution in [2.45, 2.75) is 58.6 Å². The highest BCUT2D eigenvalue weighted by molar-refractivity contribution is 5.02. The van der Waals surface area contributed by atoms with E-state index < -0.39 is 0 Å². The van der Waals surface area contributed by atoms with Crippen molar-refractivity contribution in [1.29, 1.82) is 0 Å². The van der Waals surface area contributed by atoms with Crippen LogP contribution in [0.2, 0.25) is 0 Å². The molecule has 3 heteroatoms. The molecule has 2 unspecified atom stereocenters. The van der Waals surface area contributed by atoms with Crippen LogP contribution >= 0.6 is 0 Å². The molecule has 2 aliphatic rings. The molecule has 0 aromatic rings. The second-order valence-electron chi connectivity index (χ2n) is 5.73. The Morgan fingerprint density at radius 2 is 1.94 bits per heavy atom. The Morgan fingerprint density at radius 3 is 2.50 bits per heavy atom. The summed E-state index contributed by atoms with van der Waals surface area (Å²) < 4.78 is 5.75. The van der Waals surface area contributed by atoms with Crippen LogP contribution in [-0.4, -0.2) is 36.9 Å². The van der Waals surface area contributed by atoms with E-state index >= 15 is 0 Å². The predicted octanol–water partition coefficient (Wildman–Crippen LogP) is 2.18. The lowest BCUT2D eigenvalue weighted by Gasteiger charge is -2.53. The maximum Gasteiger partial charge on any atom is 0.0656 e. The Kier molecular flexibility index (Phi) is 3.88. The second-order valence-corrected chi connectivity index (χ2v) is 5.73. The average molecular weight is 226 g/mol. The number of hydrogen-bond acceptors (Lipinski definition) is 3. The molecule has 0 aromatic heterocycles. The minimum absolute atomic E-state index is 0.285. The first-order chi connectivity index (χ1) is 7.64. The normalized spacial score (nSPS) is 34.7. The van der Waals surface area contributed by atoms with Gasteiger partial charge < -0.3 is 4.74 Å². The van der Waals surface area contributed by atoms with Gasteiger partial charge in [-0.15, -0.1) is 0 Å². The molecule has 0 amide bonds. The van der Waals surface area contributed by atoms with E-state index in [1.807, 2.05) is 0 Å². The number of nitrogens with zero attached hydrogens (tertiary/aromatic N) is 1. The summed E-state index contributed by atoms with van der Waals surface area (Å²) in [5.74, 6) is 0. The van der Waals surface area contributed by atoms with Crippen LogP contribution in [0.1, 0.15) is 46.5 Å². The monoisotopic (exact) mass is 226 g/mol. The molecule has 1 aliphatic heterocycles. The minimum Gasteiger partial charge on any atom is -0.378 e. The topological polar surface area (TPSA) is 24.5 Å². The van der Waals surface area contributed by atoms with Crippen molar-refractivity contribution in [3.05, 3.63) is 0 Å². The summed E-state index contributed by atoms with van der Waals surface area (Å²) in [5.41, 5.74) is 3.97. The van der Waals surface area contributed by atoms with Crippen LogP contribution in [0.25, 0.3) is 0 Å². The lowest BCUT2D eigenvalue weighted by Crippen LogP contribution is -2.64. The molecule has 1 N–H and O–H groups in total. The summed E-state index contributed by atoms with van der Waals surface area (Å²) >= 11 is 0. The number of ether oxygens (including phenoxy) is 1. The quantitative estimate of drug-likeness (QED) is 0.795. The summed E-state index contributed by atoms with van der Waals surface area (Å²) in [6, 6.07) is 0.599. The van der Waals surface area contributed by atoms with Gasteiger partial charge in [-0.3, -0.25) is 5.43 Å². The molecule has 1 saturated heterocycles. The highest BCUT2D eigenvalue weighted by Crippen LogP contribution is 2.42. The average Bonchev–Trinajstić information content (AvgIpc) is 2.29. The Hall–Kier alpha value is -0.120. The largest absolute Gasteiger partial charge is 0.378 e. The molecule has 2 atom stereocenters. The van der Waals surface area contributed by atoms with Gasteiger partial charge in [0, 0.05) is 31.2 Å². The van der Waals surface area contributed by atoms with E-state index in [0.717, 1.165) is 13.0 Å². The summed E-state index contributed by atoms with van der Waals surface area (Å²) in [6.07, 6.45) is 5.69. The van der Waals surface area contributed by atoms with E-state index in [1.54, 1.807) is 0 Å². The van der Waals surface area contributed by atoms with Gasteiger partial charge in [0.1, 0.15) is 0 Å². The summed E-state index contributed by atoms with van der Waals surface area (Å²) in [4.78, 5) is 0. The van der Waals surface area contributed by atoms with Crippen LogP contribution < -0.4 is 5.43 Å². The number of hydrazine groups is 1. The molecule has 0 bridgehead atoms. The zero-order valence-electron chi connectivity index (χ0n) is 11.0. The smallest absolute Gasteiger partial charge is 0.0656 e. The van der Waals surface area contributed by atoms with Gasteiger partial charge in [-0.1, -0.05) is 20.3 Å². The third-order valence-electron chi connectivity index (χ3n) is 4.24. The molecule has 0 radical (unpaired) electrons. The number of hydrogen-bond donors (Lipinski definition) is 1. The second kappa shape index (κ2) is 5.03. The lowest BCUT2D eigenvalue weighted by molar-refractivity contribution is -0.132. The van der Waals surface area contributed by atoms with Gasteiger partial charge >= 0.3 is 0 Å². The van der Waals surface area contributed by atoms with Crippen LogP contribution in [0, 0.1) is 5.41 Å². The lowest BCUT2D eigenvalue weighted by atomic mass is 9.64. The van der Waals surface area contributed by atoms with Crippen molar-refractivity contribution in [3.8, 4) is 0 Å². The third-order valence-corrected chi connectivity index (χ3v) is 4.24. The molecule has 0 spiro atoms. The van der Waals surface area contributed by atoms with E-state index in [1.165, 1.54) is 32.4 Å². The van der Waals surface area contributed by atoms with E-state index in [4.69, 9.17) is 4.74 Å². The molecule has 3 nitrogen and oxygen atoms in total. The van der Waals surface area contributed by atoms with E-state index in [9.17, 15) is 0 Å². The number of nitrogens with one attached hydrogen (secondary N) is 1. The Balaban J connectivity index is 1.79. The van der Waals surface area contributed by atoms with E-state index in [-0.39, 0.29) is 5.41 Å². The van der Waals surface area contributed by atoms with Crippen molar-refractivity contribution in [1.82, 2.24) is 10.4 Å². The molecular weight excluding hydrogens is 200 g/mol. The van der Waals surface area contributed by atoms with Gasteiger partial charge in [-0.2, -0.15) is 0 Å². The first kappa shape index (κ1) is 12.3. The Labute approximate surface area is 99.5 Å². The van der Waals surface area contributed by atoms with Gasteiger partial charge in [0.25, 0.3) is 0 Å². The molecule has 1 saturated carbocycles. The van der Waals surface area contributed by atoms with Gasteiger partial charge in [0.05, 0.1) is 6.10 Å². The standard InChI is InChI=1S/C13H26N2O/c1-4-16-12-10-11(13(12,2)3)14-15-8-6-5-7-9-15/h11-12,14H,4-10H2,1-3H3. The fourth-order valence-electron chi connectivity index (χ4n) is 2.83. The first-order valence-electron chi connectivity index (χ1n) is 6.77. The van der Waals surface area contributed by atoms with Crippen molar-refractivity contribution in [2.75, 3.05) is 19.7 Å². The van der Waals surface area contributed by atoms with Crippen LogP contribution in [0.3, 0.4) is 0 Å². The van der Waals surface area contributed by atoms with Crippen molar-refractivity contribution < 1.29 is 4.74 Å². The predicted molar refractivity (Wildman–Crippen MR) is 66.2 cm³/mol. The van der Waals surface area contributed by atoms with Crippen molar-refractivity contribution in [3.63, 3.8) is 0 Å². The molecule has 94 valence electrons. The van der Waals surface area contributed by atoms with E-state index in [0.29, 0.717) is 12.1 Å². The van der Waals surface area contributed by atoms with Crippen molar-refractivity contribution >= 4 is 0 Å². The maximum atomic E-state index is 5.75. The Morgan fingerprint density at radius 1 is 1.25 bits per heavy atom. The number of rotatable bonds is 4. The summed E-state index contributed by atoms with van der Waals surface area (Å²) in [7, 11) is 0. The highest BCUT2D eigenvalue weighted by atomic mass is 16.5. The molecule has 0 aromatic carbocycles. The molecule has 2 rings (SSSR count). The van der Waals surface area contributed by atoms with Crippen LogP contribution in [0.4, 0.5) is 0 Å². The summed E-state index contributed by atoms with van der Waals surface area (Å²) in [5, 5.41) is 2.41. The molecule has 2 fully saturated rings. The summed E-state index contributed by atoms with van der Waals surface area (Å²) in [6.45, 7) is 9.99. The Bertz CT molecular complexity index is 224. The SMILES string of the molecule is CCOC1CC(NN2CCCCC2)C1(C)C. The van der Waals surface area contributed by atoms with Gasteiger partial charge in [0.15, 0.2) is 0 Å². The molecular formula is C13H26N2O. The zero-order valence-corrected chi connectivity index (χ0v) is 11.0. The maximum absolute atomic E-state index is 5.75. The van der Waals surface area contributed by atoms with Crippen LogP contribution in [-0.2, 0) is 4.74 Å². The minimum atomic E-state index is 0.285. The molecule has 1 heterocycles. The van der Waals surface area contributed by atoms with Crippen molar-refractivity contribution in [2.24, 2.45) is 5.41 Å². The zero-order chi connectivity index (χ0) is 11.6. The molecule has 1 aliphatic carbocycles. The van der Waals surface area contributed by atoms with Crippen LogP contribution in [0.5, 0.6) is 0 Å².